The zero-order chi connectivity index (χ0) is 15.5. The topological polar surface area (TPSA) is 80.3 Å². The molecule has 0 aliphatic rings. The van der Waals surface area contributed by atoms with Crippen molar-refractivity contribution in [3.05, 3.63) is 0 Å². The van der Waals surface area contributed by atoms with Crippen LogP contribution in [0.2, 0.25) is 4.44 Å². The Kier molecular flexibility index (Phi) is 30.3. The molecule has 111 valence electrons. The predicted molar refractivity (Wildman–Crippen MR) is 81.7 cm³/mol. The molecule has 0 aromatic rings. The smallest absolute Gasteiger partial charge is 0.0510 e. The quantitative estimate of drug-likeness (QED) is 0.340. The van der Waals surface area contributed by atoms with Crippen LogP contribution in [0.1, 0.15) is 45.4 Å². The third-order valence-corrected chi connectivity index (χ3v) is 3.31. The summed E-state index contributed by atoms with van der Waals surface area (Å²) in [7, 11) is 0. The summed E-state index contributed by atoms with van der Waals surface area (Å²) in [4.78, 5) is 18.4. The number of carboxylic acid groups (broad SMARTS) is 2. The van der Waals surface area contributed by atoms with Crippen LogP contribution in [0.15, 0.2) is 0 Å². The first-order chi connectivity index (χ1) is 8.95. The van der Waals surface area contributed by atoms with Gasteiger partial charge < -0.3 is 19.8 Å². The molecule has 0 heterocycles. The van der Waals surface area contributed by atoms with E-state index in [9.17, 15) is 19.8 Å². The number of carbonyl (C=O) groups excluding carboxylic acids is 2. The van der Waals surface area contributed by atoms with Crippen molar-refractivity contribution >= 4 is 59.7 Å². The summed E-state index contributed by atoms with van der Waals surface area (Å²) in [5.41, 5.74) is 0. The van der Waals surface area contributed by atoms with Gasteiger partial charge in [-0.2, -0.15) is 25.3 Å². The molecule has 0 saturated heterocycles. The van der Waals surface area contributed by atoms with Crippen LogP contribution in [0, 0.1) is 0 Å². The number of rotatable bonds is 8. The Hall–Kier alpha value is 0.439. The van der Waals surface area contributed by atoms with E-state index in [1.807, 2.05) is 0 Å². The summed E-state index contributed by atoms with van der Waals surface area (Å²) in [6.07, 6.45) is 8.71. The van der Waals surface area contributed by atoms with Crippen molar-refractivity contribution in [1.82, 2.24) is 0 Å². The average Bonchev–Trinajstić information content (AvgIpc) is 2.40. The number of aliphatic carboxylic acids is 2. The average molecular weight is 414 g/mol. The van der Waals surface area contributed by atoms with Crippen LogP contribution >= 0.6 is 25.3 Å². The largest absolute Gasteiger partial charge is 0.549 e. The van der Waals surface area contributed by atoms with E-state index in [2.05, 4.69) is 32.2 Å². The zero-order valence-electron chi connectivity index (χ0n) is 11.4. The van der Waals surface area contributed by atoms with E-state index in [1.54, 1.807) is 22.5 Å². The number of thiol groups is 2. The number of hydrogen-bond acceptors (Lipinski definition) is 6. The molecular formula is C12H23O4S2Sn. The Labute approximate surface area is 140 Å². The molecule has 0 aromatic heterocycles. The molecule has 0 spiro atoms. The fourth-order valence-corrected chi connectivity index (χ4v) is 1.62. The van der Waals surface area contributed by atoms with Crippen molar-refractivity contribution in [2.45, 2.75) is 49.9 Å². The van der Waals surface area contributed by atoms with Gasteiger partial charge in [0.1, 0.15) is 0 Å². The summed E-state index contributed by atoms with van der Waals surface area (Å²) in [6, 6.07) is 0. The van der Waals surface area contributed by atoms with Crippen LogP contribution in [0.3, 0.4) is 0 Å². The molecule has 7 heteroatoms. The molecule has 0 saturated carbocycles. The van der Waals surface area contributed by atoms with E-state index in [4.69, 9.17) is 0 Å². The minimum Gasteiger partial charge on any atom is -0.549 e. The van der Waals surface area contributed by atoms with Crippen LogP contribution in [0.4, 0.5) is 0 Å². The number of hydrogen-bond donors (Lipinski definition) is 2. The molecule has 0 amide bonds. The van der Waals surface area contributed by atoms with Gasteiger partial charge in [-0.15, -0.1) is 0 Å². The Bertz CT molecular complexity index is 184. The van der Waals surface area contributed by atoms with Crippen molar-refractivity contribution in [2.75, 3.05) is 11.5 Å². The first kappa shape index (κ1) is 24.5. The molecule has 1 radical (unpaired) electrons. The molecule has 4 nitrogen and oxygen atoms in total. The van der Waals surface area contributed by atoms with Crippen molar-refractivity contribution in [2.24, 2.45) is 0 Å². The maximum Gasteiger partial charge on any atom is 0.0510 e. The van der Waals surface area contributed by atoms with Crippen LogP contribution < -0.4 is 10.2 Å². The Morgan fingerprint density at radius 3 is 1.47 bits per heavy atom. The summed E-state index contributed by atoms with van der Waals surface area (Å²) >= 11 is 8.42. The molecule has 0 aliphatic heterocycles. The minimum atomic E-state index is -1.13. The second kappa shape index (κ2) is 23.5. The Morgan fingerprint density at radius 2 is 1.21 bits per heavy atom. The van der Waals surface area contributed by atoms with Crippen molar-refractivity contribution in [3.8, 4) is 0 Å². The summed E-state index contributed by atoms with van der Waals surface area (Å²) in [5, 5.41) is 18.4. The molecule has 0 aromatic carbocycles. The fourth-order valence-electron chi connectivity index (χ4n) is 0.905. The van der Waals surface area contributed by atoms with Gasteiger partial charge >= 0.3 is 72.4 Å². The van der Waals surface area contributed by atoms with Crippen LogP contribution in [-0.4, -0.2) is 46.0 Å². The Balaban J connectivity index is -0.000000219. The van der Waals surface area contributed by atoms with Gasteiger partial charge in [0.25, 0.3) is 0 Å². The maximum absolute atomic E-state index is 9.18. The van der Waals surface area contributed by atoms with Gasteiger partial charge in [-0.25, -0.2) is 0 Å². The van der Waals surface area contributed by atoms with Gasteiger partial charge in [-0.1, -0.05) is 0 Å². The molecule has 0 atom stereocenters. The maximum atomic E-state index is 9.18. The van der Waals surface area contributed by atoms with Crippen molar-refractivity contribution < 1.29 is 19.8 Å². The third kappa shape index (κ3) is 45.7. The molecule has 0 aliphatic carbocycles. The molecule has 0 bridgehead atoms. The van der Waals surface area contributed by atoms with E-state index in [-0.39, 0.29) is 11.5 Å². The second-order valence-electron chi connectivity index (χ2n) is 3.58. The minimum absolute atomic E-state index is 0.194. The normalized spacial score (nSPS) is 8.53. The third-order valence-electron chi connectivity index (χ3n) is 1.79. The molecule has 19 heavy (non-hydrogen) atoms. The van der Waals surface area contributed by atoms with Gasteiger partial charge in [-0.05, 0) is 0 Å². The summed E-state index contributed by atoms with van der Waals surface area (Å²) in [5.74, 6) is -2.65. The monoisotopic (exact) mass is 415 g/mol. The second-order valence-corrected chi connectivity index (χ2v) is 5.64. The van der Waals surface area contributed by atoms with E-state index in [0.29, 0.717) is 0 Å². The molecule has 0 N–H and O–H groups in total. The number of carbonyl (C=O) groups is 2. The molecule has 0 unspecified atom stereocenters. The molecular weight excluding hydrogens is 391 g/mol. The summed E-state index contributed by atoms with van der Waals surface area (Å²) < 4.78 is 1.46. The standard InChI is InChI=1S/C8H17.2C2H4O2S.Sn/c1-3-5-7-8-6-4-2;2*3-2(4)1-5;/h1,3-8H2,2H3;2*5H,1H2,(H,3,4);/q;;;+2/p-2. The summed E-state index contributed by atoms with van der Waals surface area (Å²) in [6.45, 7) is 2.27. The fraction of sp³-hybridized carbons (Fsp3) is 0.833. The van der Waals surface area contributed by atoms with Crippen LogP contribution in [-0.2, 0) is 9.59 Å². The SMILES string of the molecule is CCCCCCC[CH2][Sn+2].O=C([O-])CS.O=C([O-])CS. The molecule has 0 rings (SSSR count). The molecule has 0 fully saturated rings. The first-order valence-corrected chi connectivity index (χ1v) is 9.50. The van der Waals surface area contributed by atoms with Gasteiger partial charge in [0.15, 0.2) is 0 Å². The van der Waals surface area contributed by atoms with Crippen molar-refractivity contribution in [1.29, 1.82) is 0 Å². The van der Waals surface area contributed by atoms with Gasteiger partial charge in [-0.3, -0.25) is 0 Å². The van der Waals surface area contributed by atoms with E-state index in [1.165, 1.54) is 43.0 Å². The van der Waals surface area contributed by atoms with Crippen LogP contribution in [0.5, 0.6) is 0 Å². The first-order valence-electron chi connectivity index (χ1n) is 6.22. The predicted octanol–water partition coefficient (Wildman–Crippen LogP) is 0.266. The van der Waals surface area contributed by atoms with Gasteiger partial charge in [0, 0.05) is 11.5 Å². The van der Waals surface area contributed by atoms with Crippen molar-refractivity contribution in [3.63, 3.8) is 0 Å². The number of unbranched alkanes of at least 4 members (excludes halogenated alkanes) is 5. The van der Waals surface area contributed by atoms with Gasteiger partial charge in [0.05, 0.1) is 11.9 Å². The van der Waals surface area contributed by atoms with Crippen LogP contribution in [0.25, 0.3) is 0 Å². The van der Waals surface area contributed by atoms with E-state index in [0.717, 1.165) is 0 Å². The van der Waals surface area contributed by atoms with E-state index >= 15 is 0 Å². The Morgan fingerprint density at radius 1 is 0.895 bits per heavy atom. The van der Waals surface area contributed by atoms with Gasteiger partial charge in [0.2, 0.25) is 0 Å². The number of carboxylic acids is 2. The van der Waals surface area contributed by atoms with E-state index < -0.39 is 11.9 Å². The zero-order valence-corrected chi connectivity index (χ0v) is 16.0.